The molecule has 4 rings (SSSR count). The number of likely N-dealkylation sites (tertiary alicyclic amines) is 1. The Morgan fingerprint density at radius 2 is 2.15 bits per heavy atom. The lowest BCUT2D eigenvalue weighted by Gasteiger charge is -2.33. The van der Waals surface area contributed by atoms with Crippen molar-refractivity contribution in [1.29, 1.82) is 0 Å². The van der Waals surface area contributed by atoms with Crippen molar-refractivity contribution in [3.05, 3.63) is 35.9 Å². The highest BCUT2D eigenvalue weighted by molar-refractivity contribution is 5.74. The minimum absolute atomic E-state index is 0.0767. The first-order valence-corrected chi connectivity index (χ1v) is 10.0. The number of urea groups is 1. The van der Waals surface area contributed by atoms with Crippen LogP contribution in [0.4, 0.5) is 4.79 Å². The molecule has 0 unspecified atom stereocenters. The van der Waals surface area contributed by atoms with E-state index in [1.807, 2.05) is 22.0 Å². The van der Waals surface area contributed by atoms with E-state index in [0.29, 0.717) is 6.54 Å². The molecule has 1 fully saturated rings. The Balaban J connectivity index is 1.34. The quantitative estimate of drug-likeness (QED) is 0.841. The molecule has 2 amide bonds. The number of carbonyl (C=O) groups is 1. The molecule has 1 atom stereocenters. The van der Waals surface area contributed by atoms with E-state index >= 15 is 0 Å². The fraction of sp³-hybridized carbons (Fsp3) is 0.632. The van der Waals surface area contributed by atoms with Crippen LogP contribution in [0.5, 0.6) is 0 Å². The minimum atomic E-state index is 0.0767. The van der Waals surface area contributed by atoms with Crippen molar-refractivity contribution >= 4 is 6.03 Å². The van der Waals surface area contributed by atoms with Gasteiger partial charge in [0.2, 0.25) is 0 Å². The number of amides is 2. The SMILES string of the molecule is CCn1cc(CN2Cc3ccnn3[C@H](CCNC(=O)N3CCCC3)C2)cn1. The van der Waals surface area contributed by atoms with Gasteiger partial charge in [0, 0.05) is 63.8 Å². The standard InChI is InChI=1S/C19H29N7O/c1-2-25-13-16(11-22-25)12-23-14-17(26-18(15-23)6-8-21-26)5-7-20-19(27)24-9-3-4-10-24/h6,8,11,13,17H,2-5,7,9-10,12,14-15H2,1H3,(H,20,27)/t17-/m1/s1. The van der Waals surface area contributed by atoms with Gasteiger partial charge in [0.25, 0.3) is 0 Å². The number of nitrogens with one attached hydrogen (secondary N) is 1. The predicted molar refractivity (Wildman–Crippen MR) is 102 cm³/mol. The van der Waals surface area contributed by atoms with Crippen LogP contribution >= 0.6 is 0 Å². The van der Waals surface area contributed by atoms with Crippen LogP contribution in [0.3, 0.4) is 0 Å². The van der Waals surface area contributed by atoms with Crippen molar-refractivity contribution in [2.45, 2.75) is 51.9 Å². The van der Waals surface area contributed by atoms with Gasteiger partial charge < -0.3 is 10.2 Å². The molecule has 0 spiro atoms. The second-order valence-electron chi connectivity index (χ2n) is 7.51. The average Bonchev–Trinajstić information content (AvgIpc) is 3.42. The van der Waals surface area contributed by atoms with Gasteiger partial charge in [-0.25, -0.2) is 4.79 Å². The highest BCUT2D eigenvalue weighted by Crippen LogP contribution is 2.24. The molecule has 0 aromatic carbocycles. The molecule has 1 saturated heterocycles. The van der Waals surface area contributed by atoms with Gasteiger partial charge in [0.05, 0.1) is 17.9 Å². The van der Waals surface area contributed by atoms with Crippen LogP contribution in [-0.2, 0) is 19.6 Å². The summed E-state index contributed by atoms with van der Waals surface area (Å²) in [6.45, 7) is 8.17. The molecule has 2 aliphatic rings. The van der Waals surface area contributed by atoms with Gasteiger partial charge in [-0.1, -0.05) is 0 Å². The maximum absolute atomic E-state index is 12.2. The zero-order valence-electron chi connectivity index (χ0n) is 16.0. The summed E-state index contributed by atoms with van der Waals surface area (Å²) in [6, 6.07) is 2.45. The molecule has 0 saturated carbocycles. The normalized spacial score (nSPS) is 20.0. The van der Waals surface area contributed by atoms with Crippen molar-refractivity contribution in [1.82, 2.24) is 34.7 Å². The Hall–Kier alpha value is -2.35. The predicted octanol–water partition coefficient (Wildman–Crippen LogP) is 1.85. The van der Waals surface area contributed by atoms with Crippen LogP contribution in [0.25, 0.3) is 0 Å². The molecule has 146 valence electrons. The van der Waals surface area contributed by atoms with Gasteiger partial charge in [-0.3, -0.25) is 14.3 Å². The van der Waals surface area contributed by atoms with Crippen molar-refractivity contribution in [2.75, 3.05) is 26.2 Å². The lowest BCUT2D eigenvalue weighted by molar-refractivity contribution is 0.160. The van der Waals surface area contributed by atoms with Gasteiger partial charge in [0.1, 0.15) is 0 Å². The molecule has 4 heterocycles. The van der Waals surface area contributed by atoms with Crippen LogP contribution in [0.2, 0.25) is 0 Å². The second kappa shape index (κ2) is 8.12. The third-order valence-electron chi connectivity index (χ3n) is 5.52. The van der Waals surface area contributed by atoms with Crippen LogP contribution in [-0.4, -0.2) is 61.6 Å². The molecular formula is C19H29N7O. The zero-order valence-corrected chi connectivity index (χ0v) is 16.0. The van der Waals surface area contributed by atoms with Gasteiger partial charge in [-0.15, -0.1) is 0 Å². The summed E-state index contributed by atoms with van der Waals surface area (Å²) in [5.41, 5.74) is 2.48. The number of hydrogen-bond donors (Lipinski definition) is 1. The molecule has 0 bridgehead atoms. The first-order valence-electron chi connectivity index (χ1n) is 10.0. The Morgan fingerprint density at radius 1 is 1.30 bits per heavy atom. The van der Waals surface area contributed by atoms with E-state index < -0.39 is 0 Å². The lowest BCUT2D eigenvalue weighted by Crippen LogP contribution is -2.41. The number of fused-ring (bicyclic) bond motifs is 1. The fourth-order valence-electron chi connectivity index (χ4n) is 4.10. The van der Waals surface area contributed by atoms with Crippen molar-refractivity contribution in [3.8, 4) is 0 Å². The van der Waals surface area contributed by atoms with Crippen LogP contribution in [0, 0.1) is 0 Å². The van der Waals surface area contributed by atoms with Crippen molar-refractivity contribution in [2.24, 2.45) is 0 Å². The summed E-state index contributed by atoms with van der Waals surface area (Å²) in [6.07, 6.45) is 9.09. The molecule has 2 aliphatic heterocycles. The van der Waals surface area contributed by atoms with E-state index in [1.165, 1.54) is 11.3 Å². The molecule has 0 radical (unpaired) electrons. The molecule has 0 aliphatic carbocycles. The molecular weight excluding hydrogens is 342 g/mol. The first-order chi connectivity index (χ1) is 13.2. The number of nitrogens with zero attached hydrogens (tertiary/aromatic N) is 6. The van der Waals surface area contributed by atoms with Crippen molar-refractivity contribution < 1.29 is 4.79 Å². The highest BCUT2D eigenvalue weighted by Gasteiger charge is 2.26. The topological polar surface area (TPSA) is 71.2 Å². The van der Waals surface area contributed by atoms with Crippen molar-refractivity contribution in [3.63, 3.8) is 0 Å². The van der Waals surface area contributed by atoms with E-state index in [0.717, 1.165) is 58.5 Å². The van der Waals surface area contributed by atoms with Crippen LogP contribution < -0.4 is 5.32 Å². The van der Waals surface area contributed by atoms with E-state index in [9.17, 15) is 4.79 Å². The molecule has 8 nitrogen and oxygen atoms in total. The molecule has 27 heavy (non-hydrogen) atoms. The van der Waals surface area contributed by atoms with Crippen LogP contribution in [0.15, 0.2) is 24.7 Å². The summed E-state index contributed by atoms with van der Waals surface area (Å²) in [7, 11) is 0. The van der Waals surface area contributed by atoms with E-state index in [2.05, 4.69) is 44.3 Å². The lowest BCUT2D eigenvalue weighted by atomic mass is 10.1. The maximum Gasteiger partial charge on any atom is 0.317 e. The smallest absolute Gasteiger partial charge is 0.317 e. The molecule has 8 heteroatoms. The number of carbonyl (C=O) groups excluding carboxylic acids is 1. The third-order valence-corrected chi connectivity index (χ3v) is 5.52. The summed E-state index contributed by atoms with van der Waals surface area (Å²) in [5.74, 6) is 0. The number of hydrogen-bond acceptors (Lipinski definition) is 4. The minimum Gasteiger partial charge on any atom is -0.338 e. The summed E-state index contributed by atoms with van der Waals surface area (Å²) in [5, 5.41) is 12.0. The Morgan fingerprint density at radius 3 is 2.93 bits per heavy atom. The molecule has 2 aromatic heterocycles. The van der Waals surface area contributed by atoms with E-state index in [4.69, 9.17) is 0 Å². The number of rotatable bonds is 6. The zero-order chi connectivity index (χ0) is 18.6. The summed E-state index contributed by atoms with van der Waals surface area (Å²) >= 11 is 0. The Kier molecular flexibility index (Phi) is 5.42. The number of aromatic nitrogens is 4. The summed E-state index contributed by atoms with van der Waals surface area (Å²) in [4.78, 5) is 16.6. The average molecular weight is 371 g/mol. The van der Waals surface area contributed by atoms with E-state index in [-0.39, 0.29) is 12.1 Å². The first kappa shape index (κ1) is 18.0. The Labute approximate surface area is 160 Å². The second-order valence-corrected chi connectivity index (χ2v) is 7.51. The highest BCUT2D eigenvalue weighted by atomic mass is 16.2. The third kappa shape index (κ3) is 4.16. The largest absolute Gasteiger partial charge is 0.338 e. The maximum atomic E-state index is 12.2. The Bertz CT molecular complexity index is 762. The van der Waals surface area contributed by atoms with Gasteiger partial charge in [-0.05, 0) is 32.3 Å². The van der Waals surface area contributed by atoms with Gasteiger partial charge >= 0.3 is 6.03 Å². The van der Waals surface area contributed by atoms with E-state index in [1.54, 1.807) is 0 Å². The van der Waals surface area contributed by atoms with Gasteiger partial charge in [0.15, 0.2) is 0 Å². The summed E-state index contributed by atoms with van der Waals surface area (Å²) < 4.78 is 4.10. The number of aryl methyl sites for hydroxylation is 1. The molecule has 1 N–H and O–H groups in total. The van der Waals surface area contributed by atoms with Crippen LogP contribution in [0.1, 0.15) is 43.5 Å². The fourth-order valence-corrected chi connectivity index (χ4v) is 4.10. The molecule has 2 aromatic rings. The monoisotopic (exact) mass is 371 g/mol. The van der Waals surface area contributed by atoms with Gasteiger partial charge in [-0.2, -0.15) is 10.2 Å².